The lowest BCUT2D eigenvalue weighted by molar-refractivity contribution is -0.921. The largest absolute Gasteiger partial charge is 0.370 e. The molecule has 2 aromatic carbocycles. The van der Waals surface area contributed by atoms with Crippen molar-refractivity contribution in [3.05, 3.63) is 71.8 Å². The fourth-order valence-corrected chi connectivity index (χ4v) is 2.95. The number of hydrogen-bond acceptors (Lipinski definition) is 3. The molecule has 1 amide bonds. The van der Waals surface area contributed by atoms with E-state index in [-0.39, 0.29) is 11.9 Å². The molecule has 0 radical (unpaired) electrons. The Morgan fingerprint density at radius 2 is 1.52 bits per heavy atom. The zero-order valence-electron chi connectivity index (χ0n) is 14.4. The van der Waals surface area contributed by atoms with Crippen molar-refractivity contribution in [3.8, 4) is 0 Å². The second-order valence-electron chi connectivity index (χ2n) is 6.16. The maximum Gasteiger partial charge on any atom is 0.298 e. The summed E-state index contributed by atoms with van der Waals surface area (Å²) < 4.78 is 5.36. The molecule has 1 fully saturated rings. The van der Waals surface area contributed by atoms with E-state index in [1.807, 2.05) is 67.6 Å². The highest BCUT2D eigenvalue weighted by molar-refractivity contribution is 6.13. The molecular formula is C20H24N3O2+. The van der Waals surface area contributed by atoms with Gasteiger partial charge in [0, 0.05) is 11.1 Å². The number of carbonyl (C=O) groups excluding carboxylic acids is 1. The maximum absolute atomic E-state index is 12.5. The minimum Gasteiger partial charge on any atom is -0.370 e. The van der Waals surface area contributed by atoms with Crippen molar-refractivity contribution in [1.82, 2.24) is 5.43 Å². The first kappa shape index (κ1) is 17.3. The van der Waals surface area contributed by atoms with E-state index in [1.54, 1.807) is 0 Å². The summed E-state index contributed by atoms with van der Waals surface area (Å²) in [7, 11) is 0. The third-order valence-electron chi connectivity index (χ3n) is 4.51. The standard InChI is InChI=1S/C20H23N3O2/c1-16(23-12-14-25-15-13-23)20(24)22-21-19(17-8-4-2-5-9-17)18-10-6-3-7-11-18/h2-11,16H,12-15H2,1H3,(H,22,24)/p+1/t16-/m1/s1. The van der Waals surface area contributed by atoms with Gasteiger partial charge >= 0.3 is 0 Å². The first-order chi connectivity index (χ1) is 12.3. The number of amides is 1. The summed E-state index contributed by atoms with van der Waals surface area (Å²) in [5.74, 6) is -0.0683. The van der Waals surface area contributed by atoms with E-state index in [0.717, 1.165) is 29.9 Å². The minimum atomic E-state index is -0.152. The number of ether oxygens (including phenoxy) is 1. The molecule has 5 heteroatoms. The smallest absolute Gasteiger partial charge is 0.298 e. The van der Waals surface area contributed by atoms with Crippen LogP contribution in [0.15, 0.2) is 65.8 Å². The molecule has 0 aromatic heterocycles. The number of benzene rings is 2. The van der Waals surface area contributed by atoms with Gasteiger partial charge in [0.15, 0.2) is 6.04 Å². The van der Waals surface area contributed by atoms with E-state index in [0.29, 0.717) is 13.2 Å². The van der Waals surface area contributed by atoms with Crippen LogP contribution in [-0.4, -0.2) is 44.0 Å². The van der Waals surface area contributed by atoms with Gasteiger partial charge in [-0.2, -0.15) is 5.10 Å². The molecular weight excluding hydrogens is 314 g/mol. The Kier molecular flexibility index (Phi) is 5.93. The molecule has 0 unspecified atom stereocenters. The number of hydrazone groups is 1. The lowest BCUT2D eigenvalue weighted by atomic mass is 10.0. The number of quaternary nitrogens is 1. The molecule has 1 aliphatic heterocycles. The van der Waals surface area contributed by atoms with Gasteiger partial charge in [0.05, 0.1) is 18.9 Å². The van der Waals surface area contributed by atoms with Crippen LogP contribution in [0.2, 0.25) is 0 Å². The number of rotatable bonds is 5. The quantitative estimate of drug-likeness (QED) is 0.628. The molecule has 2 aromatic rings. The molecule has 5 nitrogen and oxygen atoms in total. The van der Waals surface area contributed by atoms with E-state index in [2.05, 4.69) is 10.5 Å². The molecule has 0 spiro atoms. The summed E-state index contributed by atoms with van der Waals surface area (Å²) in [6, 6.07) is 19.6. The van der Waals surface area contributed by atoms with E-state index in [1.165, 1.54) is 4.90 Å². The molecule has 1 aliphatic rings. The SMILES string of the molecule is C[C@H](C(=O)NN=C(c1ccccc1)c1ccccc1)[NH+]1CCOCC1. The number of hydrogen-bond donors (Lipinski definition) is 2. The molecule has 1 heterocycles. The van der Waals surface area contributed by atoms with Crippen molar-refractivity contribution in [3.63, 3.8) is 0 Å². The minimum absolute atomic E-state index is 0.0683. The highest BCUT2D eigenvalue weighted by Crippen LogP contribution is 2.10. The Hall–Kier alpha value is -2.50. The number of nitrogens with one attached hydrogen (secondary N) is 2. The summed E-state index contributed by atoms with van der Waals surface area (Å²) in [5, 5.41) is 4.45. The zero-order chi connectivity index (χ0) is 17.5. The molecule has 1 atom stereocenters. The summed E-state index contributed by atoms with van der Waals surface area (Å²) in [6.07, 6.45) is 0. The number of carbonyl (C=O) groups is 1. The van der Waals surface area contributed by atoms with Crippen LogP contribution in [0.4, 0.5) is 0 Å². The van der Waals surface area contributed by atoms with Gasteiger partial charge < -0.3 is 9.64 Å². The lowest BCUT2D eigenvalue weighted by Crippen LogP contribution is -3.18. The molecule has 0 saturated carbocycles. The average Bonchev–Trinajstić information content (AvgIpc) is 2.70. The summed E-state index contributed by atoms with van der Waals surface area (Å²) in [6.45, 7) is 5.05. The van der Waals surface area contributed by atoms with Crippen LogP contribution < -0.4 is 10.3 Å². The van der Waals surface area contributed by atoms with Crippen LogP contribution in [0.1, 0.15) is 18.1 Å². The van der Waals surface area contributed by atoms with Gasteiger partial charge in [0.1, 0.15) is 13.1 Å². The van der Waals surface area contributed by atoms with Crippen molar-refractivity contribution < 1.29 is 14.4 Å². The van der Waals surface area contributed by atoms with E-state index in [9.17, 15) is 4.79 Å². The highest BCUT2D eigenvalue weighted by Gasteiger charge is 2.26. The summed E-state index contributed by atoms with van der Waals surface area (Å²) in [5.41, 5.74) is 5.47. The van der Waals surface area contributed by atoms with Gasteiger partial charge in [-0.1, -0.05) is 60.7 Å². The van der Waals surface area contributed by atoms with Crippen LogP contribution in [0.3, 0.4) is 0 Å². The molecule has 25 heavy (non-hydrogen) atoms. The highest BCUT2D eigenvalue weighted by atomic mass is 16.5. The van der Waals surface area contributed by atoms with Crippen molar-refractivity contribution in [2.45, 2.75) is 13.0 Å². The van der Waals surface area contributed by atoms with Crippen molar-refractivity contribution >= 4 is 11.6 Å². The van der Waals surface area contributed by atoms with Gasteiger partial charge in [-0.25, -0.2) is 5.43 Å². The average molecular weight is 338 g/mol. The zero-order valence-corrected chi connectivity index (χ0v) is 14.4. The molecule has 2 N–H and O–H groups in total. The number of morpholine rings is 1. The van der Waals surface area contributed by atoms with Crippen LogP contribution in [0.5, 0.6) is 0 Å². The molecule has 0 bridgehead atoms. The van der Waals surface area contributed by atoms with Crippen LogP contribution >= 0.6 is 0 Å². The molecule has 1 saturated heterocycles. The Labute approximate surface area is 148 Å². The summed E-state index contributed by atoms with van der Waals surface area (Å²) >= 11 is 0. The van der Waals surface area contributed by atoms with Crippen molar-refractivity contribution in [2.24, 2.45) is 5.10 Å². The van der Waals surface area contributed by atoms with Gasteiger partial charge in [0.2, 0.25) is 0 Å². The van der Waals surface area contributed by atoms with Crippen molar-refractivity contribution in [1.29, 1.82) is 0 Å². The fraction of sp³-hybridized carbons (Fsp3) is 0.300. The predicted octanol–water partition coefficient (Wildman–Crippen LogP) is 0.859. The fourth-order valence-electron chi connectivity index (χ4n) is 2.95. The van der Waals surface area contributed by atoms with E-state index < -0.39 is 0 Å². The molecule has 3 rings (SSSR count). The second-order valence-corrected chi connectivity index (χ2v) is 6.16. The Bertz CT molecular complexity index is 669. The van der Waals surface area contributed by atoms with Crippen LogP contribution in [-0.2, 0) is 9.53 Å². The second kappa shape index (κ2) is 8.55. The van der Waals surface area contributed by atoms with E-state index in [4.69, 9.17) is 4.74 Å². The molecule has 0 aliphatic carbocycles. The van der Waals surface area contributed by atoms with Gasteiger partial charge in [-0.15, -0.1) is 0 Å². The first-order valence-electron chi connectivity index (χ1n) is 8.66. The molecule has 130 valence electrons. The van der Waals surface area contributed by atoms with Crippen molar-refractivity contribution in [2.75, 3.05) is 26.3 Å². The number of nitrogens with zero attached hydrogens (tertiary/aromatic N) is 1. The monoisotopic (exact) mass is 338 g/mol. The van der Waals surface area contributed by atoms with E-state index >= 15 is 0 Å². The predicted molar refractivity (Wildman–Crippen MR) is 97.6 cm³/mol. The Morgan fingerprint density at radius 1 is 1.00 bits per heavy atom. The summed E-state index contributed by atoms with van der Waals surface area (Å²) in [4.78, 5) is 13.8. The first-order valence-corrected chi connectivity index (χ1v) is 8.66. The third-order valence-corrected chi connectivity index (χ3v) is 4.51. The Morgan fingerprint density at radius 3 is 2.04 bits per heavy atom. The van der Waals surface area contributed by atoms with Gasteiger partial charge in [-0.05, 0) is 6.92 Å². The normalized spacial score (nSPS) is 16.0. The topological polar surface area (TPSA) is 55.1 Å². The Balaban J connectivity index is 1.78. The van der Waals surface area contributed by atoms with Gasteiger partial charge in [0.25, 0.3) is 5.91 Å². The lowest BCUT2D eigenvalue weighted by Gasteiger charge is -2.27. The van der Waals surface area contributed by atoms with Gasteiger partial charge in [-0.3, -0.25) is 4.79 Å². The van der Waals surface area contributed by atoms with Crippen LogP contribution in [0, 0.1) is 0 Å². The third kappa shape index (κ3) is 4.53. The maximum atomic E-state index is 12.5. The van der Waals surface area contributed by atoms with Crippen LogP contribution in [0.25, 0.3) is 0 Å².